The van der Waals surface area contributed by atoms with Gasteiger partial charge >= 0.3 is 0 Å². The monoisotopic (exact) mass is 415 g/mol. The summed E-state index contributed by atoms with van der Waals surface area (Å²) in [7, 11) is 1.72. The first-order chi connectivity index (χ1) is 13.9. The van der Waals surface area contributed by atoms with Crippen LogP contribution in [-0.2, 0) is 4.79 Å². The minimum atomic E-state index is -0.679. The van der Waals surface area contributed by atoms with E-state index in [1.807, 2.05) is 24.3 Å². The lowest BCUT2D eigenvalue weighted by Crippen LogP contribution is -2.51. The molecule has 2 amide bonds. The number of rotatable bonds is 6. The predicted molar refractivity (Wildman–Crippen MR) is 115 cm³/mol. The number of benzene rings is 2. The van der Waals surface area contributed by atoms with Gasteiger partial charge in [0.15, 0.2) is 0 Å². The van der Waals surface area contributed by atoms with Crippen molar-refractivity contribution in [1.29, 1.82) is 0 Å². The van der Waals surface area contributed by atoms with Crippen LogP contribution >= 0.6 is 11.6 Å². The van der Waals surface area contributed by atoms with Gasteiger partial charge in [-0.3, -0.25) is 9.59 Å². The van der Waals surface area contributed by atoms with Gasteiger partial charge in [0.05, 0.1) is 29.4 Å². The highest BCUT2D eigenvalue weighted by atomic mass is 35.5. The van der Waals surface area contributed by atoms with E-state index in [0.717, 1.165) is 18.0 Å². The number of anilines is 1. The number of hydrogen-bond acceptors (Lipinski definition) is 4. The fraction of sp³-hybridized carbons (Fsp3) is 0.364. The summed E-state index contributed by atoms with van der Waals surface area (Å²) in [4.78, 5) is 29.0. The first-order valence-corrected chi connectivity index (χ1v) is 10.1. The zero-order valence-electron chi connectivity index (χ0n) is 16.9. The molecule has 2 aromatic carbocycles. The summed E-state index contributed by atoms with van der Waals surface area (Å²) >= 11 is 6.06. The standard InChI is InChI=1S/C22H26ClN3O3/c1-4-26-14-16(29-20-12-8-7-11-19(20)26)13-25(3)22(28)15(2)24-21(27)17-9-5-6-10-18(17)23/h5-12,15-16H,4,13-14H2,1-3H3,(H,24,27)/t15-,16-/m0/s1. The maximum absolute atomic E-state index is 12.8. The van der Waals surface area contributed by atoms with Crippen LogP contribution in [0.2, 0.25) is 5.02 Å². The Balaban J connectivity index is 1.60. The Labute approximate surface area is 176 Å². The number of ether oxygens (including phenoxy) is 1. The Morgan fingerprint density at radius 3 is 2.66 bits per heavy atom. The molecule has 1 aliphatic heterocycles. The molecule has 2 atom stereocenters. The van der Waals surface area contributed by atoms with Crippen molar-refractivity contribution in [1.82, 2.24) is 10.2 Å². The molecule has 2 aromatic rings. The van der Waals surface area contributed by atoms with E-state index in [1.165, 1.54) is 0 Å². The summed E-state index contributed by atoms with van der Waals surface area (Å²) < 4.78 is 6.09. The molecular weight excluding hydrogens is 390 g/mol. The van der Waals surface area contributed by atoms with Crippen molar-refractivity contribution in [3.8, 4) is 5.75 Å². The van der Waals surface area contributed by atoms with E-state index in [0.29, 0.717) is 23.7 Å². The second kappa shape index (κ2) is 9.18. The number of likely N-dealkylation sites (N-methyl/N-ethyl adjacent to an activating group) is 2. The molecule has 1 N–H and O–H groups in total. The number of halogens is 1. The summed E-state index contributed by atoms with van der Waals surface area (Å²) in [5.74, 6) is 0.271. The van der Waals surface area contributed by atoms with Gasteiger partial charge in [-0.25, -0.2) is 0 Å². The van der Waals surface area contributed by atoms with E-state index < -0.39 is 6.04 Å². The Morgan fingerprint density at radius 1 is 1.24 bits per heavy atom. The first kappa shape index (κ1) is 21.0. The van der Waals surface area contributed by atoms with Crippen LogP contribution in [-0.4, -0.2) is 55.5 Å². The zero-order chi connectivity index (χ0) is 21.0. The van der Waals surface area contributed by atoms with Gasteiger partial charge in [0.2, 0.25) is 5.91 Å². The number of fused-ring (bicyclic) bond motifs is 1. The van der Waals surface area contributed by atoms with E-state index in [2.05, 4.69) is 17.1 Å². The average Bonchev–Trinajstić information content (AvgIpc) is 2.72. The van der Waals surface area contributed by atoms with Crippen molar-refractivity contribution in [3.05, 3.63) is 59.1 Å². The van der Waals surface area contributed by atoms with Gasteiger partial charge < -0.3 is 19.9 Å². The highest BCUT2D eigenvalue weighted by molar-refractivity contribution is 6.33. The number of hydrogen-bond donors (Lipinski definition) is 1. The molecule has 1 heterocycles. The lowest BCUT2D eigenvalue weighted by Gasteiger charge is -2.37. The van der Waals surface area contributed by atoms with Crippen molar-refractivity contribution in [2.24, 2.45) is 0 Å². The summed E-state index contributed by atoms with van der Waals surface area (Å²) in [6.07, 6.45) is -0.148. The maximum Gasteiger partial charge on any atom is 0.253 e. The Morgan fingerprint density at radius 2 is 1.93 bits per heavy atom. The molecule has 0 spiro atoms. The number of carbonyl (C=O) groups excluding carboxylic acids is 2. The van der Waals surface area contributed by atoms with E-state index in [1.54, 1.807) is 43.1 Å². The normalized spacial score (nSPS) is 16.4. The Bertz CT molecular complexity index is 889. The molecule has 0 bridgehead atoms. The summed E-state index contributed by atoms with van der Waals surface area (Å²) in [5, 5.41) is 3.08. The van der Waals surface area contributed by atoms with Crippen LogP contribution in [0.5, 0.6) is 5.75 Å². The van der Waals surface area contributed by atoms with Gasteiger partial charge in [-0.1, -0.05) is 35.9 Å². The largest absolute Gasteiger partial charge is 0.485 e. The minimum Gasteiger partial charge on any atom is -0.485 e. The molecule has 0 aliphatic carbocycles. The van der Waals surface area contributed by atoms with Gasteiger partial charge in [0.1, 0.15) is 17.9 Å². The third-order valence-corrected chi connectivity index (χ3v) is 5.33. The highest BCUT2D eigenvalue weighted by Gasteiger charge is 2.28. The van der Waals surface area contributed by atoms with E-state index in [-0.39, 0.29) is 17.9 Å². The highest BCUT2D eigenvalue weighted by Crippen LogP contribution is 2.32. The smallest absolute Gasteiger partial charge is 0.253 e. The molecule has 154 valence electrons. The molecule has 6 nitrogen and oxygen atoms in total. The summed E-state index contributed by atoms with van der Waals surface area (Å²) in [5.41, 5.74) is 1.42. The Kier molecular flexibility index (Phi) is 6.64. The fourth-order valence-corrected chi connectivity index (χ4v) is 3.70. The van der Waals surface area contributed by atoms with Crippen molar-refractivity contribution in [2.75, 3.05) is 31.6 Å². The minimum absolute atomic E-state index is 0.148. The third-order valence-electron chi connectivity index (χ3n) is 5.00. The molecule has 0 fully saturated rings. The van der Waals surface area contributed by atoms with Gasteiger partial charge in [0, 0.05) is 13.6 Å². The second-order valence-electron chi connectivity index (χ2n) is 7.14. The molecule has 0 saturated heterocycles. The van der Waals surface area contributed by atoms with Gasteiger partial charge in [-0.2, -0.15) is 0 Å². The van der Waals surface area contributed by atoms with Crippen molar-refractivity contribution in [3.63, 3.8) is 0 Å². The summed E-state index contributed by atoms with van der Waals surface area (Å²) in [6.45, 7) is 5.75. The lowest BCUT2D eigenvalue weighted by molar-refractivity contribution is -0.132. The van der Waals surface area contributed by atoms with E-state index in [4.69, 9.17) is 16.3 Å². The molecule has 0 aromatic heterocycles. The third kappa shape index (κ3) is 4.82. The van der Waals surface area contributed by atoms with Crippen molar-refractivity contribution < 1.29 is 14.3 Å². The number of para-hydroxylation sites is 2. The molecule has 29 heavy (non-hydrogen) atoms. The molecule has 1 aliphatic rings. The number of carbonyl (C=O) groups is 2. The van der Waals surface area contributed by atoms with Crippen LogP contribution in [0.25, 0.3) is 0 Å². The second-order valence-corrected chi connectivity index (χ2v) is 7.55. The SMILES string of the molecule is CCN1C[C@H](CN(C)C(=O)[C@H](C)NC(=O)c2ccccc2Cl)Oc2ccccc21. The predicted octanol–water partition coefficient (Wildman–Crippen LogP) is 3.20. The zero-order valence-corrected chi connectivity index (χ0v) is 17.6. The van der Waals surface area contributed by atoms with Gasteiger partial charge in [0.25, 0.3) is 5.91 Å². The lowest BCUT2D eigenvalue weighted by atomic mass is 10.1. The van der Waals surface area contributed by atoms with E-state index >= 15 is 0 Å². The van der Waals surface area contributed by atoms with Crippen LogP contribution in [0, 0.1) is 0 Å². The van der Waals surface area contributed by atoms with Gasteiger partial charge in [-0.05, 0) is 38.1 Å². The first-order valence-electron chi connectivity index (χ1n) is 9.71. The molecule has 0 radical (unpaired) electrons. The van der Waals surface area contributed by atoms with Gasteiger partial charge in [-0.15, -0.1) is 0 Å². The molecule has 3 rings (SSSR count). The topological polar surface area (TPSA) is 61.9 Å². The van der Waals surface area contributed by atoms with Crippen LogP contribution in [0.3, 0.4) is 0 Å². The van der Waals surface area contributed by atoms with Crippen LogP contribution in [0.1, 0.15) is 24.2 Å². The van der Waals surface area contributed by atoms with Crippen LogP contribution < -0.4 is 15.0 Å². The molecule has 0 unspecified atom stereocenters. The number of amides is 2. The van der Waals surface area contributed by atoms with Crippen molar-refractivity contribution in [2.45, 2.75) is 26.0 Å². The maximum atomic E-state index is 12.8. The average molecular weight is 416 g/mol. The molecular formula is C22H26ClN3O3. The fourth-order valence-electron chi connectivity index (χ4n) is 3.48. The number of nitrogens with zero attached hydrogens (tertiary/aromatic N) is 2. The molecule has 7 heteroatoms. The molecule has 0 saturated carbocycles. The quantitative estimate of drug-likeness (QED) is 0.787. The summed E-state index contributed by atoms with van der Waals surface area (Å²) in [6, 6.07) is 14.0. The Hall–Kier alpha value is -2.73. The van der Waals surface area contributed by atoms with Crippen LogP contribution in [0.4, 0.5) is 5.69 Å². The van der Waals surface area contributed by atoms with E-state index in [9.17, 15) is 9.59 Å². The van der Waals surface area contributed by atoms with Crippen molar-refractivity contribution >= 4 is 29.1 Å². The number of nitrogens with one attached hydrogen (secondary N) is 1. The van der Waals surface area contributed by atoms with Crippen LogP contribution in [0.15, 0.2) is 48.5 Å².